The van der Waals surface area contributed by atoms with Gasteiger partial charge in [0.2, 0.25) is 5.28 Å². The molecule has 3 aromatic rings. The molecule has 3 aromatic heterocycles. The normalized spacial score (nSPS) is 17.5. The van der Waals surface area contributed by atoms with E-state index in [0.717, 1.165) is 23.1 Å². The van der Waals surface area contributed by atoms with Gasteiger partial charge in [-0.3, -0.25) is 0 Å². The number of nitrogens with one attached hydrogen (secondary N) is 1. The van der Waals surface area contributed by atoms with Crippen LogP contribution >= 0.6 is 34.5 Å². The average Bonchev–Trinajstić information content (AvgIpc) is 3.22. The van der Waals surface area contributed by atoms with Gasteiger partial charge in [0, 0.05) is 4.88 Å². The lowest BCUT2D eigenvalue weighted by Gasteiger charge is -2.19. The first-order valence-corrected chi connectivity index (χ1v) is 10.0. The van der Waals surface area contributed by atoms with E-state index in [0.29, 0.717) is 30.4 Å². The van der Waals surface area contributed by atoms with E-state index in [2.05, 4.69) is 21.5 Å². The summed E-state index contributed by atoms with van der Waals surface area (Å²) in [6.45, 7) is 2.66. The van der Waals surface area contributed by atoms with Crippen LogP contribution in [0.1, 0.15) is 41.2 Å². The third-order valence-corrected chi connectivity index (χ3v) is 6.16. The smallest absolute Gasteiger partial charge is 0.243 e. The molecule has 0 saturated heterocycles. The largest absolute Gasteiger partial charge is 0.363 e. The zero-order valence-corrected chi connectivity index (χ0v) is 16.4. The van der Waals surface area contributed by atoms with Crippen LogP contribution in [0.4, 0.5) is 10.2 Å². The van der Waals surface area contributed by atoms with Crippen molar-refractivity contribution in [3.8, 4) is 0 Å². The second kappa shape index (κ2) is 7.18. The zero-order valence-electron chi connectivity index (χ0n) is 14.1. The fraction of sp³-hybridized carbons (Fsp3) is 0.333. The van der Waals surface area contributed by atoms with Gasteiger partial charge in [-0.15, -0.1) is 16.4 Å². The molecule has 4 nitrogen and oxygen atoms in total. The minimum Gasteiger partial charge on any atom is -0.363 e. The Bertz CT molecular complexity index is 981. The van der Waals surface area contributed by atoms with E-state index >= 15 is 0 Å². The summed E-state index contributed by atoms with van der Waals surface area (Å²) in [4.78, 5) is 5.57. The highest BCUT2D eigenvalue weighted by molar-refractivity contribution is 7.09. The molecule has 0 fully saturated rings. The zero-order chi connectivity index (χ0) is 18.3. The Morgan fingerprint density at radius 2 is 2.27 bits per heavy atom. The highest BCUT2D eigenvalue weighted by Crippen LogP contribution is 2.41. The second-order valence-corrected chi connectivity index (χ2v) is 8.10. The Morgan fingerprint density at radius 1 is 1.42 bits per heavy atom. The molecular formula is C18H17Cl2FN4S. The fourth-order valence-corrected chi connectivity index (χ4v) is 4.74. The highest BCUT2D eigenvalue weighted by atomic mass is 35.5. The lowest BCUT2D eigenvalue weighted by molar-refractivity contribution is 0.496. The van der Waals surface area contributed by atoms with Gasteiger partial charge in [-0.2, -0.15) is 4.98 Å². The molecule has 1 aliphatic carbocycles. The van der Waals surface area contributed by atoms with Crippen molar-refractivity contribution < 1.29 is 4.39 Å². The van der Waals surface area contributed by atoms with Gasteiger partial charge < -0.3 is 5.32 Å². The van der Waals surface area contributed by atoms with Crippen molar-refractivity contribution in [2.75, 3.05) is 5.32 Å². The van der Waals surface area contributed by atoms with Crippen molar-refractivity contribution in [3.63, 3.8) is 0 Å². The molecule has 4 rings (SSSR count). The lowest BCUT2D eigenvalue weighted by Crippen LogP contribution is -2.05. The van der Waals surface area contributed by atoms with Crippen LogP contribution in [-0.2, 0) is 6.54 Å². The summed E-state index contributed by atoms with van der Waals surface area (Å²) in [5, 5.41) is 10.3. The van der Waals surface area contributed by atoms with Crippen LogP contribution in [0, 0.1) is 6.92 Å². The number of aromatic nitrogens is 3. The van der Waals surface area contributed by atoms with Crippen molar-refractivity contribution in [2.45, 2.75) is 38.6 Å². The summed E-state index contributed by atoms with van der Waals surface area (Å²) in [7, 11) is 0. The van der Waals surface area contributed by atoms with Crippen molar-refractivity contribution in [3.05, 3.63) is 55.9 Å². The lowest BCUT2D eigenvalue weighted by atomic mass is 9.87. The topological polar surface area (TPSA) is 42.2 Å². The molecule has 0 amide bonds. The first-order valence-electron chi connectivity index (χ1n) is 8.39. The van der Waals surface area contributed by atoms with Gasteiger partial charge in [0.15, 0.2) is 5.82 Å². The maximum absolute atomic E-state index is 13.4. The summed E-state index contributed by atoms with van der Waals surface area (Å²) in [5.41, 5.74) is 2.84. The molecule has 0 radical (unpaired) electrons. The minimum absolute atomic E-state index is 0.0417. The summed E-state index contributed by atoms with van der Waals surface area (Å²) in [5.74, 6) is 0.786. The van der Waals surface area contributed by atoms with Crippen LogP contribution in [0.3, 0.4) is 0 Å². The summed E-state index contributed by atoms with van der Waals surface area (Å²) in [6, 6.07) is 4.07. The predicted molar refractivity (Wildman–Crippen MR) is 105 cm³/mol. The molecule has 1 atom stereocenters. The molecule has 3 heterocycles. The Kier molecular flexibility index (Phi) is 4.90. The maximum atomic E-state index is 13.4. The van der Waals surface area contributed by atoms with E-state index < -0.39 is 0 Å². The third-order valence-electron chi connectivity index (χ3n) is 4.76. The number of aryl methyl sites for hydroxylation is 1. The molecule has 136 valence electrons. The molecular weight excluding hydrogens is 394 g/mol. The Balaban J connectivity index is 1.77. The summed E-state index contributed by atoms with van der Waals surface area (Å²) < 4.78 is 15.1. The van der Waals surface area contributed by atoms with E-state index in [4.69, 9.17) is 23.2 Å². The second-order valence-electron chi connectivity index (χ2n) is 6.37. The fourth-order valence-electron chi connectivity index (χ4n) is 3.52. The Morgan fingerprint density at radius 3 is 2.96 bits per heavy atom. The van der Waals surface area contributed by atoms with Crippen molar-refractivity contribution in [1.29, 1.82) is 0 Å². The number of allylic oxidation sites excluding steroid dienone is 2. The molecule has 26 heavy (non-hydrogen) atoms. The average molecular weight is 411 g/mol. The van der Waals surface area contributed by atoms with Crippen molar-refractivity contribution >= 4 is 45.9 Å². The molecule has 0 aromatic carbocycles. The van der Waals surface area contributed by atoms with Crippen LogP contribution in [0.15, 0.2) is 29.4 Å². The number of fused-ring (bicyclic) bond motifs is 1. The van der Waals surface area contributed by atoms with E-state index in [1.165, 1.54) is 4.88 Å². The van der Waals surface area contributed by atoms with Crippen molar-refractivity contribution in [2.24, 2.45) is 0 Å². The quantitative estimate of drug-likeness (QED) is 0.561. The summed E-state index contributed by atoms with van der Waals surface area (Å²) in [6.07, 6.45) is 3.48. The standard InChI is InChI=1S/C18H17Cl2FN4S/c1-10-14(11-4-6-12(21)7-5-11)16(19)25-15(10)17(23-18(20)24-25)22-9-13-3-2-8-26-13/h2-3,6,8,11H,4-5,7,9H2,1H3,(H,22,23,24)/t11-/m0/s1. The Labute approximate surface area is 164 Å². The first-order chi connectivity index (χ1) is 12.5. The number of anilines is 1. The highest BCUT2D eigenvalue weighted by Gasteiger charge is 2.27. The number of hydrogen-bond donors (Lipinski definition) is 1. The van der Waals surface area contributed by atoms with Gasteiger partial charge in [0.05, 0.1) is 12.4 Å². The van der Waals surface area contributed by atoms with Crippen LogP contribution in [0.5, 0.6) is 0 Å². The number of halogens is 3. The minimum atomic E-state index is -0.0417. The monoisotopic (exact) mass is 410 g/mol. The number of hydrogen-bond acceptors (Lipinski definition) is 4. The predicted octanol–water partition coefficient (Wildman–Crippen LogP) is 6.14. The van der Waals surface area contributed by atoms with E-state index in [9.17, 15) is 4.39 Å². The van der Waals surface area contributed by atoms with Crippen LogP contribution in [0.25, 0.3) is 5.52 Å². The molecule has 8 heteroatoms. The molecule has 0 unspecified atom stereocenters. The van der Waals surface area contributed by atoms with Crippen LogP contribution in [-0.4, -0.2) is 14.6 Å². The van der Waals surface area contributed by atoms with Gasteiger partial charge in [0.1, 0.15) is 10.7 Å². The van der Waals surface area contributed by atoms with Gasteiger partial charge in [-0.05, 0) is 66.3 Å². The number of thiophene rings is 1. The number of nitrogens with zero attached hydrogens (tertiary/aromatic N) is 3. The molecule has 0 saturated carbocycles. The van der Waals surface area contributed by atoms with E-state index in [1.807, 2.05) is 18.4 Å². The van der Waals surface area contributed by atoms with Gasteiger partial charge in [0.25, 0.3) is 0 Å². The van der Waals surface area contributed by atoms with Gasteiger partial charge in [-0.1, -0.05) is 23.7 Å². The number of rotatable bonds is 4. The van der Waals surface area contributed by atoms with Crippen LogP contribution < -0.4 is 5.32 Å². The van der Waals surface area contributed by atoms with Crippen molar-refractivity contribution in [1.82, 2.24) is 14.6 Å². The molecule has 0 aliphatic heterocycles. The molecule has 0 spiro atoms. The Hall–Kier alpha value is -1.63. The van der Waals surface area contributed by atoms with Crippen LogP contribution in [0.2, 0.25) is 10.4 Å². The van der Waals surface area contributed by atoms with Gasteiger partial charge >= 0.3 is 0 Å². The SMILES string of the molecule is Cc1c([C@H]2CC=C(F)CC2)c(Cl)n2nc(Cl)nc(NCc3cccs3)c12. The molecule has 0 bridgehead atoms. The van der Waals surface area contributed by atoms with E-state index in [-0.39, 0.29) is 17.0 Å². The third kappa shape index (κ3) is 3.21. The molecule has 1 aliphatic rings. The molecule has 1 N–H and O–H groups in total. The van der Waals surface area contributed by atoms with Gasteiger partial charge in [-0.25, -0.2) is 8.91 Å². The maximum Gasteiger partial charge on any atom is 0.243 e. The summed E-state index contributed by atoms with van der Waals surface area (Å²) >= 11 is 14.4. The first kappa shape index (κ1) is 17.8. The van der Waals surface area contributed by atoms with E-state index in [1.54, 1.807) is 21.9 Å².